The molecule has 0 aliphatic heterocycles. The molecule has 0 atom stereocenters. The highest BCUT2D eigenvalue weighted by molar-refractivity contribution is 6.02. The van der Waals surface area contributed by atoms with Crippen molar-refractivity contribution in [2.45, 2.75) is 20.8 Å². The molecular weight excluding hydrogens is 362 g/mol. The van der Waals surface area contributed by atoms with E-state index in [1.54, 1.807) is 18.3 Å². The predicted octanol–water partition coefficient (Wildman–Crippen LogP) is 4.77. The molecule has 0 bridgehead atoms. The maximum absolute atomic E-state index is 13.2. The van der Waals surface area contributed by atoms with Crippen molar-refractivity contribution < 1.29 is 5.11 Å². The van der Waals surface area contributed by atoms with E-state index in [-0.39, 0.29) is 11.4 Å². The smallest absolute Gasteiger partial charge is 0.265 e. The molecule has 4 aromatic rings. The lowest BCUT2D eigenvalue weighted by Gasteiger charge is -2.14. The number of aliphatic imine (C=N–C) groups is 1. The van der Waals surface area contributed by atoms with E-state index in [2.05, 4.69) is 9.98 Å². The zero-order chi connectivity index (χ0) is 20.5. The van der Waals surface area contributed by atoms with Gasteiger partial charge in [0.25, 0.3) is 5.56 Å². The van der Waals surface area contributed by atoms with Gasteiger partial charge >= 0.3 is 0 Å². The Morgan fingerprint density at radius 3 is 2.41 bits per heavy atom. The van der Waals surface area contributed by atoms with Gasteiger partial charge in [0, 0.05) is 22.7 Å². The number of benzene rings is 2. The van der Waals surface area contributed by atoms with Gasteiger partial charge in [0.1, 0.15) is 0 Å². The average Bonchev–Trinajstić information content (AvgIpc) is 2.71. The molecule has 0 saturated carbocycles. The molecule has 5 nitrogen and oxygen atoms in total. The Hall–Kier alpha value is -3.73. The molecule has 2 heterocycles. The Bertz CT molecular complexity index is 1320. The topological polar surface area (TPSA) is 67.5 Å². The Balaban J connectivity index is 1.98. The molecule has 2 aromatic heterocycles. The summed E-state index contributed by atoms with van der Waals surface area (Å²) in [6.07, 6.45) is 1.57. The number of hydrogen-bond acceptors (Lipinski definition) is 4. The highest BCUT2D eigenvalue weighted by Gasteiger charge is 2.16. The van der Waals surface area contributed by atoms with Gasteiger partial charge < -0.3 is 5.11 Å². The SMILES string of the molecule is Cc1cccc(/N=C/c2c(O)n(-c3ccc(C)c(C)c3)c(=O)c3ccccc23)n1. The van der Waals surface area contributed by atoms with Gasteiger partial charge in [-0.3, -0.25) is 4.79 Å². The predicted molar refractivity (Wildman–Crippen MR) is 117 cm³/mol. The number of pyridine rings is 2. The Kier molecular flexibility index (Phi) is 4.72. The van der Waals surface area contributed by atoms with E-state index in [0.29, 0.717) is 27.8 Å². The van der Waals surface area contributed by atoms with E-state index in [4.69, 9.17) is 0 Å². The van der Waals surface area contributed by atoms with Crippen molar-refractivity contribution >= 4 is 22.8 Å². The van der Waals surface area contributed by atoms with Crippen LogP contribution < -0.4 is 5.56 Å². The molecule has 0 radical (unpaired) electrons. The van der Waals surface area contributed by atoms with Crippen LogP contribution >= 0.6 is 0 Å². The van der Waals surface area contributed by atoms with Crippen molar-refractivity contribution in [2.75, 3.05) is 0 Å². The van der Waals surface area contributed by atoms with Crippen LogP contribution in [0.3, 0.4) is 0 Å². The normalized spacial score (nSPS) is 11.4. The summed E-state index contributed by atoms with van der Waals surface area (Å²) in [6, 6.07) is 18.5. The fourth-order valence-electron chi connectivity index (χ4n) is 3.32. The van der Waals surface area contributed by atoms with Gasteiger partial charge in [0.15, 0.2) is 5.82 Å². The second-order valence-electron chi connectivity index (χ2n) is 7.09. The van der Waals surface area contributed by atoms with E-state index < -0.39 is 0 Å². The molecular formula is C24H21N3O2. The van der Waals surface area contributed by atoms with E-state index in [1.807, 2.05) is 69.3 Å². The molecule has 5 heteroatoms. The van der Waals surface area contributed by atoms with E-state index in [9.17, 15) is 9.90 Å². The van der Waals surface area contributed by atoms with Gasteiger partial charge in [-0.05, 0) is 62.2 Å². The first-order chi connectivity index (χ1) is 14.0. The number of aromatic nitrogens is 2. The molecule has 0 amide bonds. The molecule has 4 rings (SSSR count). The van der Waals surface area contributed by atoms with Crippen molar-refractivity contribution in [2.24, 2.45) is 4.99 Å². The zero-order valence-corrected chi connectivity index (χ0v) is 16.5. The van der Waals surface area contributed by atoms with Gasteiger partial charge in [-0.2, -0.15) is 0 Å². The summed E-state index contributed by atoms with van der Waals surface area (Å²) >= 11 is 0. The van der Waals surface area contributed by atoms with Crippen molar-refractivity contribution in [3.8, 4) is 11.6 Å². The van der Waals surface area contributed by atoms with E-state index in [1.165, 1.54) is 4.57 Å². The fraction of sp³-hybridized carbons (Fsp3) is 0.125. The van der Waals surface area contributed by atoms with Crippen LogP contribution in [0.2, 0.25) is 0 Å². The van der Waals surface area contributed by atoms with Crippen LogP contribution in [0.15, 0.2) is 70.5 Å². The first kappa shape index (κ1) is 18.6. The summed E-state index contributed by atoms with van der Waals surface area (Å²) in [5.74, 6) is 0.394. The van der Waals surface area contributed by atoms with Crippen molar-refractivity contribution in [3.63, 3.8) is 0 Å². The lowest BCUT2D eigenvalue weighted by molar-refractivity contribution is 0.436. The number of rotatable bonds is 3. The quantitative estimate of drug-likeness (QED) is 0.518. The van der Waals surface area contributed by atoms with Crippen molar-refractivity contribution in [1.82, 2.24) is 9.55 Å². The van der Waals surface area contributed by atoms with Crippen molar-refractivity contribution in [3.05, 3.63) is 93.4 Å². The maximum atomic E-state index is 13.2. The minimum Gasteiger partial charge on any atom is -0.494 e. The molecule has 0 fully saturated rings. The maximum Gasteiger partial charge on any atom is 0.265 e. The third-order valence-corrected chi connectivity index (χ3v) is 5.05. The molecule has 29 heavy (non-hydrogen) atoms. The lowest BCUT2D eigenvalue weighted by atomic mass is 10.1. The van der Waals surface area contributed by atoms with E-state index in [0.717, 1.165) is 16.8 Å². The van der Waals surface area contributed by atoms with Crippen LogP contribution in [0.4, 0.5) is 5.82 Å². The average molecular weight is 383 g/mol. The highest BCUT2D eigenvalue weighted by atomic mass is 16.3. The van der Waals surface area contributed by atoms with Crippen LogP contribution in [0.1, 0.15) is 22.4 Å². The molecule has 0 aliphatic rings. The number of aromatic hydroxyl groups is 1. The first-order valence-corrected chi connectivity index (χ1v) is 9.38. The second-order valence-corrected chi connectivity index (χ2v) is 7.09. The monoisotopic (exact) mass is 383 g/mol. The Labute approximate surface area is 168 Å². The number of hydrogen-bond donors (Lipinski definition) is 1. The van der Waals surface area contributed by atoms with E-state index >= 15 is 0 Å². The first-order valence-electron chi connectivity index (χ1n) is 9.38. The molecule has 0 unspecified atom stereocenters. The molecule has 0 aliphatic carbocycles. The van der Waals surface area contributed by atoms with Gasteiger partial charge in [-0.1, -0.05) is 30.3 Å². The van der Waals surface area contributed by atoms with Crippen LogP contribution in [0, 0.1) is 20.8 Å². The highest BCUT2D eigenvalue weighted by Crippen LogP contribution is 2.27. The Morgan fingerprint density at radius 1 is 0.931 bits per heavy atom. The zero-order valence-electron chi connectivity index (χ0n) is 16.5. The standard InChI is InChI=1S/C24H21N3O2/c1-15-11-12-18(13-16(15)2)27-23(28)20-9-5-4-8-19(20)21(24(27)29)14-25-22-10-6-7-17(3)26-22/h4-14,29H,1-3H3/b25-14+. The summed E-state index contributed by atoms with van der Waals surface area (Å²) in [6.45, 7) is 5.88. The van der Waals surface area contributed by atoms with Gasteiger partial charge in [0.2, 0.25) is 5.88 Å². The van der Waals surface area contributed by atoms with Gasteiger partial charge in [-0.25, -0.2) is 14.5 Å². The molecule has 2 aromatic carbocycles. The van der Waals surface area contributed by atoms with Gasteiger partial charge in [0.05, 0.1) is 11.3 Å². The minimum absolute atomic E-state index is 0.145. The second kappa shape index (κ2) is 7.36. The number of fused-ring (bicyclic) bond motifs is 1. The number of nitrogens with zero attached hydrogens (tertiary/aromatic N) is 3. The van der Waals surface area contributed by atoms with Crippen molar-refractivity contribution in [1.29, 1.82) is 0 Å². The minimum atomic E-state index is -0.271. The Morgan fingerprint density at radius 2 is 1.69 bits per heavy atom. The molecule has 0 spiro atoms. The largest absolute Gasteiger partial charge is 0.494 e. The molecule has 0 saturated heterocycles. The van der Waals surface area contributed by atoms with Crippen LogP contribution in [-0.4, -0.2) is 20.9 Å². The summed E-state index contributed by atoms with van der Waals surface area (Å²) in [5, 5.41) is 12.2. The summed E-state index contributed by atoms with van der Waals surface area (Å²) in [5.41, 5.74) is 3.84. The summed E-state index contributed by atoms with van der Waals surface area (Å²) < 4.78 is 1.33. The third-order valence-electron chi connectivity index (χ3n) is 5.05. The molecule has 1 N–H and O–H groups in total. The third kappa shape index (κ3) is 3.43. The summed E-state index contributed by atoms with van der Waals surface area (Å²) in [4.78, 5) is 22.0. The van der Waals surface area contributed by atoms with Gasteiger partial charge in [-0.15, -0.1) is 0 Å². The van der Waals surface area contributed by atoms with Crippen LogP contribution in [0.25, 0.3) is 16.5 Å². The number of aryl methyl sites for hydroxylation is 3. The fourth-order valence-corrected chi connectivity index (χ4v) is 3.32. The van der Waals surface area contributed by atoms with Crippen LogP contribution in [-0.2, 0) is 0 Å². The lowest BCUT2D eigenvalue weighted by Crippen LogP contribution is -2.20. The molecule has 144 valence electrons. The summed E-state index contributed by atoms with van der Waals surface area (Å²) in [7, 11) is 0. The van der Waals surface area contributed by atoms with Crippen LogP contribution in [0.5, 0.6) is 5.88 Å².